The van der Waals surface area contributed by atoms with Gasteiger partial charge in [0.2, 0.25) is 0 Å². The molecular weight excluding hydrogens is 368 g/mol. The molecule has 0 unspecified atom stereocenters. The molecular formula is C20H32O4S2. The minimum atomic E-state index is -3.10. The van der Waals surface area contributed by atoms with E-state index in [-0.39, 0.29) is 23.0 Å². The average Bonchev–Trinajstić information content (AvgIpc) is 2.56. The number of hydrogen-bond donors (Lipinski definition) is 0. The molecule has 0 N–H and O–H groups in total. The second-order valence-corrected chi connectivity index (χ2v) is 11.9. The molecule has 6 heteroatoms. The fourth-order valence-corrected chi connectivity index (χ4v) is 6.42. The van der Waals surface area contributed by atoms with Crippen LogP contribution in [0.5, 0.6) is 0 Å². The maximum atomic E-state index is 12.2. The maximum Gasteiger partial charge on any atom is 0.154 e. The van der Waals surface area contributed by atoms with E-state index in [2.05, 4.69) is 0 Å². The van der Waals surface area contributed by atoms with Gasteiger partial charge in [0.25, 0.3) is 0 Å². The van der Waals surface area contributed by atoms with Gasteiger partial charge in [0, 0.05) is 0 Å². The lowest BCUT2D eigenvalue weighted by atomic mass is 10.1. The van der Waals surface area contributed by atoms with E-state index >= 15 is 0 Å². The van der Waals surface area contributed by atoms with Gasteiger partial charge in [-0.05, 0) is 24.0 Å². The second-order valence-electron chi connectivity index (χ2n) is 7.54. The van der Waals surface area contributed by atoms with Crippen molar-refractivity contribution in [2.75, 3.05) is 11.5 Å². The molecule has 2 aliphatic rings. The number of hydrogen-bond acceptors (Lipinski definition) is 4. The molecule has 0 atom stereocenters. The van der Waals surface area contributed by atoms with E-state index < -0.39 is 19.7 Å². The predicted molar refractivity (Wildman–Crippen MR) is 108 cm³/mol. The fraction of sp³-hybridized carbons (Fsp3) is 0.700. The van der Waals surface area contributed by atoms with E-state index in [1.807, 2.05) is 0 Å². The maximum absolute atomic E-state index is 12.2. The average molecular weight is 401 g/mol. The number of benzene rings is 1. The first kappa shape index (κ1) is 21.4. The molecule has 3 rings (SSSR count). The first-order valence-corrected chi connectivity index (χ1v) is 13.5. The van der Waals surface area contributed by atoms with Gasteiger partial charge in [0.1, 0.15) is 0 Å². The highest BCUT2D eigenvalue weighted by Crippen LogP contribution is 2.16. The quantitative estimate of drug-likeness (QED) is 0.646. The summed E-state index contributed by atoms with van der Waals surface area (Å²) in [4.78, 5) is 0. The van der Waals surface area contributed by atoms with Gasteiger partial charge in [0.15, 0.2) is 19.7 Å². The van der Waals surface area contributed by atoms with E-state index in [0.29, 0.717) is 0 Å². The highest BCUT2D eigenvalue weighted by atomic mass is 32.2. The standard InChI is InChI=1S/C20H32O4S2/c21-25(22)15-9-7-5-3-1-2-4-6-8-10-16-26(23,24)18-20-13-11-19(17-25)12-14-20/h11-14H,1-10,15-18H2. The Kier molecular flexibility index (Phi) is 8.61. The Balaban J connectivity index is 2.02. The lowest BCUT2D eigenvalue weighted by Crippen LogP contribution is -2.11. The topological polar surface area (TPSA) is 68.3 Å². The highest BCUT2D eigenvalue weighted by molar-refractivity contribution is 7.90. The van der Waals surface area contributed by atoms with Crippen LogP contribution in [0.25, 0.3) is 0 Å². The van der Waals surface area contributed by atoms with Gasteiger partial charge in [-0.15, -0.1) is 0 Å². The van der Waals surface area contributed by atoms with Crippen molar-refractivity contribution in [1.29, 1.82) is 0 Å². The Morgan fingerprint density at radius 1 is 0.462 bits per heavy atom. The fourth-order valence-electron chi connectivity index (χ4n) is 3.44. The van der Waals surface area contributed by atoms with E-state index in [4.69, 9.17) is 0 Å². The molecule has 2 heterocycles. The van der Waals surface area contributed by atoms with Crippen molar-refractivity contribution in [3.63, 3.8) is 0 Å². The minimum absolute atomic E-state index is 0.0417. The Labute approximate surface area is 159 Å². The van der Waals surface area contributed by atoms with Crippen LogP contribution in [0.3, 0.4) is 0 Å². The second kappa shape index (κ2) is 10.5. The van der Waals surface area contributed by atoms with Gasteiger partial charge in [-0.1, -0.05) is 75.6 Å². The largest absolute Gasteiger partial charge is 0.228 e. The van der Waals surface area contributed by atoms with E-state index in [1.54, 1.807) is 24.3 Å². The van der Waals surface area contributed by atoms with Gasteiger partial charge in [0.05, 0.1) is 23.0 Å². The Bertz CT molecular complexity index is 670. The molecule has 0 amide bonds. The molecule has 148 valence electrons. The molecule has 0 aromatic heterocycles. The molecule has 0 saturated carbocycles. The minimum Gasteiger partial charge on any atom is -0.228 e. The summed E-state index contributed by atoms with van der Waals surface area (Å²) in [6, 6.07) is 7.00. The van der Waals surface area contributed by atoms with Gasteiger partial charge < -0.3 is 0 Å². The van der Waals surface area contributed by atoms with Crippen molar-refractivity contribution in [2.24, 2.45) is 0 Å². The monoisotopic (exact) mass is 400 g/mol. The molecule has 0 spiro atoms. The van der Waals surface area contributed by atoms with E-state index in [0.717, 1.165) is 62.5 Å². The zero-order chi connectivity index (χ0) is 18.9. The summed E-state index contributed by atoms with van der Waals surface area (Å²) in [5, 5.41) is 0. The van der Waals surface area contributed by atoms with Crippen LogP contribution in [-0.2, 0) is 31.2 Å². The summed E-state index contributed by atoms with van der Waals surface area (Å²) in [7, 11) is -6.20. The summed E-state index contributed by atoms with van der Waals surface area (Å²) in [6.07, 6.45) is 10.3. The molecule has 26 heavy (non-hydrogen) atoms. The van der Waals surface area contributed by atoms with Crippen molar-refractivity contribution in [1.82, 2.24) is 0 Å². The van der Waals surface area contributed by atoms with E-state index in [9.17, 15) is 16.8 Å². The normalized spacial score (nSPS) is 23.2. The number of rotatable bonds is 0. The van der Waals surface area contributed by atoms with Crippen LogP contribution in [-0.4, -0.2) is 28.3 Å². The van der Waals surface area contributed by atoms with E-state index in [1.165, 1.54) is 12.8 Å². The van der Waals surface area contributed by atoms with Crippen molar-refractivity contribution < 1.29 is 16.8 Å². The number of fused-ring (bicyclic) bond motifs is 17. The van der Waals surface area contributed by atoms with Gasteiger partial charge in [-0.25, -0.2) is 16.8 Å². The molecule has 1 aromatic rings. The summed E-state index contributed by atoms with van der Waals surface area (Å²) in [6.45, 7) is 0. The van der Waals surface area contributed by atoms with Crippen LogP contribution < -0.4 is 0 Å². The van der Waals surface area contributed by atoms with Crippen LogP contribution in [0, 0.1) is 0 Å². The summed E-state index contributed by atoms with van der Waals surface area (Å²) in [5.74, 6) is 0.562. The highest BCUT2D eigenvalue weighted by Gasteiger charge is 2.14. The lowest BCUT2D eigenvalue weighted by Gasteiger charge is -2.08. The smallest absolute Gasteiger partial charge is 0.154 e. The van der Waals surface area contributed by atoms with Gasteiger partial charge in [-0.2, -0.15) is 0 Å². The van der Waals surface area contributed by atoms with Gasteiger partial charge in [-0.3, -0.25) is 0 Å². The molecule has 1 aromatic carbocycles. The van der Waals surface area contributed by atoms with Crippen LogP contribution in [0.4, 0.5) is 0 Å². The van der Waals surface area contributed by atoms with Crippen LogP contribution in [0.2, 0.25) is 0 Å². The predicted octanol–water partition coefficient (Wildman–Crippen LogP) is 4.43. The summed E-state index contributed by atoms with van der Waals surface area (Å²) >= 11 is 0. The molecule has 2 aliphatic heterocycles. The molecule has 0 fully saturated rings. The van der Waals surface area contributed by atoms with Crippen LogP contribution in [0.15, 0.2) is 24.3 Å². The van der Waals surface area contributed by atoms with Crippen LogP contribution in [0.1, 0.15) is 75.3 Å². The summed E-state index contributed by atoms with van der Waals surface area (Å²) in [5.41, 5.74) is 1.47. The first-order chi connectivity index (χ1) is 12.4. The third-order valence-corrected chi connectivity index (χ3v) is 8.32. The van der Waals surface area contributed by atoms with Crippen LogP contribution >= 0.6 is 0 Å². The molecule has 2 bridgehead atoms. The zero-order valence-corrected chi connectivity index (χ0v) is 17.3. The van der Waals surface area contributed by atoms with Gasteiger partial charge >= 0.3 is 0 Å². The van der Waals surface area contributed by atoms with Crippen molar-refractivity contribution in [3.8, 4) is 0 Å². The molecule has 0 aliphatic carbocycles. The third kappa shape index (κ3) is 8.67. The number of sulfone groups is 2. The Morgan fingerprint density at radius 2 is 0.731 bits per heavy atom. The third-order valence-electron chi connectivity index (χ3n) is 4.96. The van der Waals surface area contributed by atoms with Crippen molar-refractivity contribution in [3.05, 3.63) is 35.4 Å². The molecule has 0 saturated heterocycles. The van der Waals surface area contributed by atoms with Crippen molar-refractivity contribution >= 4 is 19.7 Å². The Hall–Kier alpha value is -0.880. The lowest BCUT2D eigenvalue weighted by molar-refractivity contribution is 0.554. The summed E-state index contributed by atoms with van der Waals surface area (Å²) < 4.78 is 49.0. The zero-order valence-electron chi connectivity index (χ0n) is 15.7. The molecule has 0 radical (unpaired) electrons. The molecule has 4 nitrogen and oxygen atoms in total. The van der Waals surface area contributed by atoms with Crippen molar-refractivity contribution in [2.45, 2.75) is 75.7 Å². The first-order valence-electron chi connectivity index (χ1n) is 9.85. The Morgan fingerprint density at radius 3 is 1.04 bits per heavy atom. The SMILES string of the molecule is O=S1(=O)CCCCCCCCCCCCS(=O)(=O)Cc2ccc(cc2)C1.